The van der Waals surface area contributed by atoms with Crippen LogP contribution in [-0.4, -0.2) is 26.8 Å². The smallest absolute Gasteiger partial charge is 0.178 e. The molecular formula is C10H11FO3S. The number of carbonyl (C=O) groups is 1. The Bertz CT molecular complexity index is 379. The van der Waals surface area contributed by atoms with E-state index in [1.54, 1.807) is 6.26 Å². The molecule has 0 N–H and O–H groups in total. The summed E-state index contributed by atoms with van der Waals surface area (Å²) in [5.41, 5.74) is 0.143. The molecule has 0 saturated heterocycles. The molecule has 0 aliphatic heterocycles. The topological polar surface area (TPSA) is 35.5 Å². The minimum absolute atomic E-state index is 0.143. The number of rotatable bonds is 4. The van der Waals surface area contributed by atoms with Gasteiger partial charge in [0.1, 0.15) is 5.82 Å². The second kappa shape index (κ2) is 5.02. The van der Waals surface area contributed by atoms with Gasteiger partial charge in [0.05, 0.1) is 24.7 Å². The number of benzene rings is 1. The maximum atomic E-state index is 13.5. The molecule has 0 aliphatic carbocycles. The fourth-order valence-corrected chi connectivity index (χ4v) is 1.90. The highest BCUT2D eigenvalue weighted by Gasteiger charge is 2.18. The molecule has 0 aromatic heterocycles. The van der Waals surface area contributed by atoms with Crippen LogP contribution in [0.25, 0.3) is 0 Å². The zero-order valence-corrected chi connectivity index (χ0v) is 9.48. The van der Waals surface area contributed by atoms with Crippen molar-refractivity contribution in [3.63, 3.8) is 0 Å². The summed E-state index contributed by atoms with van der Waals surface area (Å²) in [6.07, 6.45) is 2.26. The first-order chi connectivity index (χ1) is 7.19. The number of ether oxygens (including phenoxy) is 2. The van der Waals surface area contributed by atoms with E-state index < -0.39 is 5.82 Å². The molecule has 0 saturated carbocycles. The van der Waals surface area contributed by atoms with Gasteiger partial charge in [0.2, 0.25) is 0 Å². The van der Waals surface area contributed by atoms with Crippen LogP contribution in [0.4, 0.5) is 4.39 Å². The van der Waals surface area contributed by atoms with Gasteiger partial charge in [0.25, 0.3) is 0 Å². The van der Waals surface area contributed by atoms with Gasteiger partial charge in [-0.05, 0) is 12.3 Å². The lowest BCUT2D eigenvalue weighted by Crippen LogP contribution is -1.99. The summed E-state index contributed by atoms with van der Waals surface area (Å²) >= 11 is 1.20. The van der Waals surface area contributed by atoms with E-state index in [4.69, 9.17) is 9.47 Å². The minimum Gasteiger partial charge on any atom is -0.492 e. The summed E-state index contributed by atoms with van der Waals surface area (Å²) in [5.74, 6) is 0.0348. The number of hydrogen-bond donors (Lipinski definition) is 0. The molecule has 5 heteroatoms. The number of aldehydes is 1. The molecule has 0 heterocycles. The lowest BCUT2D eigenvalue weighted by atomic mass is 10.2. The highest BCUT2D eigenvalue weighted by Crippen LogP contribution is 2.40. The Morgan fingerprint density at radius 3 is 2.33 bits per heavy atom. The molecular weight excluding hydrogens is 219 g/mol. The summed E-state index contributed by atoms with van der Waals surface area (Å²) in [7, 11) is 2.82. The number of thioether (sulfide) groups is 1. The Balaban J connectivity index is 3.51. The Hall–Kier alpha value is -1.23. The molecule has 0 atom stereocenters. The van der Waals surface area contributed by atoms with E-state index in [1.807, 2.05) is 0 Å². The average molecular weight is 230 g/mol. The van der Waals surface area contributed by atoms with Gasteiger partial charge in [-0.15, -0.1) is 11.8 Å². The first-order valence-corrected chi connectivity index (χ1v) is 5.35. The molecule has 0 fully saturated rings. The van der Waals surface area contributed by atoms with Gasteiger partial charge >= 0.3 is 0 Å². The predicted molar refractivity (Wildman–Crippen MR) is 56.7 cm³/mol. The predicted octanol–water partition coefficient (Wildman–Crippen LogP) is 2.38. The van der Waals surface area contributed by atoms with E-state index in [0.717, 1.165) is 6.07 Å². The van der Waals surface area contributed by atoms with Crippen LogP contribution in [0.5, 0.6) is 11.5 Å². The Kier molecular flexibility index (Phi) is 3.96. The number of hydrogen-bond acceptors (Lipinski definition) is 4. The van der Waals surface area contributed by atoms with Crippen molar-refractivity contribution in [3.8, 4) is 11.5 Å². The normalized spacial score (nSPS) is 9.87. The summed E-state index contributed by atoms with van der Waals surface area (Å²) in [6.45, 7) is 0. The standard InChI is InChI=1S/C10H11FO3S/c1-13-8-6(5-12)4-7(11)10(15-3)9(8)14-2/h4-5H,1-3H3. The van der Waals surface area contributed by atoms with Crippen molar-refractivity contribution in [1.82, 2.24) is 0 Å². The van der Waals surface area contributed by atoms with Crippen LogP contribution in [0.1, 0.15) is 10.4 Å². The molecule has 0 aliphatic rings. The molecule has 15 heavy (non-hydrogen) atoms. The van der Waals surface area contributed by atoms with Gasteiger partial charge in [-0.1, -0.05) is 0 Å². The second-order valence-corrected chi connectivity index (χ2v) is 3.48. The van der Waals surface area contributed by atoms with Crippen molar-refractivity contribution in [2.24, 2.45) is 0 Å². The van der Waals surface area contributed by atoms with Crippen LogP contribution in [0, 0.1) is 5.82 Å². The van der Waals surface area contributed by atoms with Crippen LogP contribution in [0.15, 0.2) is 11.0 Å². The molecule has 82 valence electrons. The number of carbonyl (C=O) groups excluding carboxylic acids is 1. The third-order valence-corrected chi connectivity index (χ3v) is 2.70. The van der Waals surface area contributed by atoms with Crippen LogP contribution >= 0.6 is 11.8 Å². The van der Waals surface area contributed by atoms with Gasteiger partial charge in [-0.25, -0.2) is 4.39 Å². The Morgan fingerprint density at radius 1 is 1.33 bits per heavy atom. The lowest BCUT2D eigenvalue weighted by Gasteiger charge is -2.13. The van der Waals surface area contributed by atoms with Crippen LogP contribution in [-0.2, 0) is 0 Å². The monoisotopic (exact) mass is 230 g/mol. The SMILES string of the molecule is COc1c(C=O)cc(F)c(SC)c1OC. The number of halogens is 1. The van der Waals surface area contributed by atoms with Crippen LogP contribution < -0.4 is 9.47 Å². The molecule has 1 rings (SSSR count). The van der Waals surface area contributed by atoms with Crippen molar-refractivity contribution in [2.75, 3.05) is 20.5 Å². The summed E-state index contributed by atoms with van der Waals surface area (Å²) in [6, 6.07) is 1.14. The minimum atomic E-state index is -0.484. The highest BCUT2D eigenvalue weighted by atomic mass is 32.2. The van der Waals surface area contributed by atoms with Crippen molar-refractivity contribution in [1.29, 1.82) is 0 Å². The van der Waals surface area contributed by atoms with Crippen molar-refractivity contribution in [2.45, 2.75) is 4.90 Å². The van der Waals surface area contributed by atoms with E-state index in [0.29, 0.717) is 11.2 Å². The molecule has 1 aromatic carbocycles. The maximum Gasteiger partial charge on any atom is 0.178 e. The summed E-state index contributed by atoms with van der Waals surface area (Å²) in [5, 5.41) is 0. The molecule has 0 amide bonds. The fourth-order valence-electron chi connectivity index (χ4n) is 1.28. The van der Waals surface area contributed by atoms with E-state index >= 15 is 0 Å². The second-order valence-electron chi connectivity index (χ2n) is 2.67. The lowest BCUT2D eigenvalue weighted by molar-refractivity contribution is 0.111. The van der Waals surface area contributed by atoms with Crippen LogP contribution in [0.2, 0.25) is 0 Å². The Labute approximate surface area is 91.6 Å². The molecule has 0 unspecified atom stereocenters. The van der Waals surface area contributed by atoms with E-state index in [-0.39, 0.29) is 17.1 Å². The number of methoxy groups -OCH3 is 2. The highest BCUT2D eigenvalue weighted by molar-refractivity contribution is 7.98. The van der Waals surface area contributed by atoms with Crippen molar-refractivity contribution >= 4 is 18.0 Å². The van der Waals surface area contributed by atoms with Crippen molar-refractivity contribution in [3.05, 3.63) is 17.4 Å². The largest absolute Gasteiger partial charge is 0.492 e. The third-order valence-electron chi connectivity index (χ3n) is 1.91. The van der Waals surface area contributed by atoms with Crippen molar-refractivity contribution < 1.29 is 18.7 Å². The summed E-state index contributed by atoms with van der Waals surface area (Å²) < 4.78 is 23.5. The fraction of sp³-hybridized carbons (Fsp3) is 0.300. The third kappa shape index (κ3) is 2.07. The first-order valence-electron chi connectivity index (χ1n) is 4.13. The molecule has 0 radical (unpaired) electrons. The molecule has 1 aromatic rings. The average Bonchev–Trinajstić information content (AvgIpc) is 2.27. The van der Waals surface area contributed by atoms with Gasteiger partial charge in [-0.2, -0.15) is 0 Å². The Morgan fingerprint density at radius 2 is 1.93 bits per heavy atom. The molecule has 3 nitrogen and oxygen atoms in total. The molecule has 0 spiro atoms. The van der Waals surface area contributed by atoms with Crippen LogP contribution in [0.3, 0.4) is 0 Å². The van der Waals surface area contributed by atoms with E-state index in [1.165, 1.54) is 26.0 Å². The maximum absolute atomic E-state index is 13.5. The quantitative estimate of drug-likeness (QED) is 0.587. The van der Waals surface area contributed by atoms with Gasteiger partial charge in [0, 0.05) is 0 Å². The van der Waals surface area contributed by atoms with E-state index in [9.17, 15) is 9.18 Å². The van der Waals surface area contributed by atoms with Gasteiger partial charge < -0.3 is 9.47 Å². The van der Waals surface area contributed by atoms with Gasteiger partial charge in [0.15, 0.2) is 17.8 Å². The first kappa shape index (κ1) is 11.8. The molecule has 0 bridgehead atoms. The zero-order chi connectivity index (χ0) is 11.4. The van der Waals surface area contributed by atoms with E-state index in [2.05, 4.69) is 0 Å². The zero-order valence-electron chi connectivity index (χ0n) is 8.67. The van der Waals surface area contributed by atoms with Gasteiger partial charge in [-0.3, -0.25) is 4.79 Å². The summed E-state index contributed by atoms with van der Waals surface area (Å²) in [4.78, 5) is 11.0.